The Morgan fingerprint density at radius 2 is 2.40 bits per heavy atom. The molecule has 0 saturated heterocycles. The number of thiocarbonyl (C=S) groups is 1. The average molecular weight is 354 g/mol. The van der Waals surface area contributed by atoms with Crippen molar-refractivity contribution < 1.29 is 4.79 Å². The molecule has 0 spiro atoms. The Labute approximate surface area is 112 Å². The van der Waals surface area contributed by atoms with Crippen LogP contribution in [0.1, 0.15) is 16.8 Å². The summed E-state index contributed by atoms with van der Waals surface area (Å²) in [5.74, 6) is 0.0189. The van der Waals surface area contributed by atoms with Crippen molar-refractivity contribution >= 4 is 57.0 Å². The van der Waals surface area contributed by atoms with Gasteiger partial charge in [0.05, 0.1) is 13.4 Å². The van der Waals surface area contributed by atoms with E-state index in [2.05, 4.69) is 22.6 Å². The molecule has 1 rings (SSSR count). The van der Waals surface area contributed by atoms with E-state index in [1.165, 1.54) is 0 Å². The Hall–Kier alpha value is -0.210. The van der Waals surface area contributed by atoms with E-state index in [0.717, 1.165) is 8.45 Å². The first-order chi connectivity index (χ1) is 7.00. The number of rotatable bonds is 4. The van der Waals surface area contributed by atoms with E-state index < -0.39 is 0 Å². The number of carbonyl (C=O) groups is 1. The molecular weight excluding hydrogens is 343 g/mol. The second kappa shape index (κ2) is 5.76. The summed E-state index contributed by atoms with van der Waals surface area (Å²) >= 11 is 8.52. The summed E-state index contributed by atoms with van der Waals surface area (Å²) in [6, 6.07) is 1.88. The van der Waals surface area contributed by atoms with Crippen molar-refractivity contribution in [2.24, 2.45) is 5.73 Å². The smallest absolute Gasteiger partial charge is 0.254 e. The minimum Gasteiger partial charge on any atom is -0.393 e. The first-order valence-electron chi connectivity index (χ1n) is 4.28. The zero-order valence-corrected chi connectivity index (χ0v) is 12.0. The van der Waals surface area contributed by atoms with Gasteiger partial charge in [0.2, 0.25) is 0 Å². The van der Waals surface area contributed by atoms with Gasteiger partial charge in [-0.25, -0.2) is 0 Å². The Bertz CT molecular complexity index is 378. The highest BCUT2D eigenvalue weighted by Crippen LogP contribution is 2.17. The third-order valence-corrected chi connectivity index (χ3v) is 3.85. The number of nitrogens with two attached hydrogens (primary N) is 1. The number of nitrogens with zero attached hydrogens (tertiary/aromatic N) is 1. The van der Waals surface area contributed by atoms with Crippen LogP contribution < -0.4 is 5.73 Å². The first kappa shape index (κ1) is 12.9. The summed E-state index contributed by atoms with van der Waals surface area (Å²) in [4.78, 5) is 13.9. The Kier molecular flexibility index (Phi) is 4.94. The van der Waals surface area contributed by atoms with Gasteiger partial charge in [-0.2, -0.15) is 0 Å². The largest absolute Gasteiger partial charge is 0.393 e. The van der Waals surface area contributed by atoms with Crippen LogP contribution in [0.3, 0.4) is 0 Å². The van der Waals surface area contributed by atoms with Gasteiger partial charge in [-0.1, -0.05) is 12.2 Å². The number of hydrogen-bond acceptors (Lipinski definition) is 3. The lowest BCUT2D eigenvalue weighted by Gasteiger charge is -2.15. The maximum Gasteiger partial charge on any atom is 0.254 e. The van der Waals surface area contributed by atoms with Gasteiger partial charge in [-0.05, 0) is 28.7 Å². The number of hydrogen-bond donors (Lipinski definition) is 1. The quantitative estimate of drug-likeness (QED) is 0.666. The van der Waals surface area contributed by atoms with Crippen molar-refractivity contribution in [2.75, 3.05) is 13.6 Å². The van der Waals surface area contributed by atoms with Crippen LogP contribution in [0.15, 0.2) is 11.4 Å². The van der Waals surface area contributed by atoms with Crippen molar-refractivity contribution in [3.8, 4) is 0 Å². The monoisotopic (exact) mass is 354 g/mol. The second-order valence-electron chi connectivity index (χ2n) is 3.08. The minimum absolute atomic E-state index is 0.0189. The van der Waals surface area contributed by atoms with E-state index in [0.29, 0.717) is 18.0 Å². The predicted octanol–water partition coefficient (Wildman–Crippen LogP) is 2.10. The highest BCUT2D eigenvalue weighted by Gasteiger charge is 2.12. The summed E-state index contributed by atoms with van der Waals surface area (Å²) in [5.41, 5.74) is 6.11. The fraction of sp³-hybridized carbons (Fsp3) is 0.333. The molecule has 0 aliphatic rings. The van der Waals surface area contributed by atoms with Crippen LogP contribution in [-0.2, 0) is 0 Å². The van der Waals surface area contributed by atoms with Crippen LogP contribution in [0.25, 0.3) is 0 Å². The Morgan fingerprint density at radius 1 is 1.73 bits per heavy atom. The lowest BCUT2D eigenvalue weighted by Crippen LogP contribution is -2.29. The number of carbonyl (C=O) groups excluding carboxylic acids is 1. The molecule has 0 aromatic carbocycles. The normalized spacial score (nSPS) is 10.0. The van der Waals surface area contributed by atoms with Crippen LogP contribution >= 0.6 is 46.1 Å². The molecule has 1 amide bonds. The molecule has 1 aromatic rings. The molecule has 2 N–H and O–H groups in total. The molecule has 3 nitrogen and oxygen atoms in total. The zero-order valence-electron chi connectivity index (χ0n) is 8.20. The maximum absolute atomic E-state index is 11.8. The third-order valence-electron chi connectivity index (χ3n) is 1.85. The summed E-state index contributed by atoms with van der Waals surface area (Å²) in [7, 11) is 1.76. The molecule has 0 bridgehead atoms. The summed E-state index contributed by atoms with van der Waals surface area (Å²) < 4.78 is 1.11. The second-order valence-corrected chi connectivity index (χ2v) is 6.41. The van der Waals surface area contributed by atoms with Crippen LogP contribution in [-0.4, -0.2) is 29.4 Å². The molecule has 0 aliphatic carbocycles. The van der Waals surface area contributed by atoms with Gasteiger partial charge in [0.15, 0.2) is 0 Å². The van der Waals surface area contributed by atoms with E-state index in [1.54, 1.807) is 23.3 Å². The van der Waals surface area contributed by atoms with Gasteiger partial charge >= 0.3 is 0 Å². The van der Waals surface area contributed by atoms with E-state index in [4.69, 9.17) is 18.0 Å². The van der Waals surface area contributed by atoms with Crippen LogP contribution in [0.2, 0.25) is 0 Å². The predicted molar refractivity (Wildman–Crippen MR) is 75.4 cm³/mol. The lowest BCUT2D eigenvalue weighted by molar-refractivity contribution is 0.0799. The van der Waals surface area contributed by atoms with Crippen molar-refractivity contribution in [3.05, 3.63) is 19.9 Å². The standard InChI is InChI=1S/C9H11IN2OS2/c1-12(3-2-8(11)14)9(13)6-4-7(10)15-5-6/h4-5H,2-3H2,1H3,(H2,11,14). The van der Waals surface area contributed by atoms with Gasteiger partial charge in [0.25, 0.3) is 5.91 Å². The molecule has 0 radical (unpaired) electrons. The third kappa shape index (κ3) is 4.04. The highest BCUT2D eigenvalue weighted by atomic mass is 127. The van der Waals surface area contributed by atoms with Crippen LogP contribution in [0, 0.1) is 2.88 Å². The van der Waals surface area contributed by atoms with Crippen molar-refractivity contribution in [3.63, 3.8) is 0 Å². The molecule has 1 aromatic heterocycles. The maximum atomic E-state index is 11.8. The summed E-state index contributed by atoms with van der Waals surface area (Å²) in [5, 5.41) is 1.86. The SMILES string of the molecule is CN(CCC(N)=S)C(=O)c1csc(I)c1. The fourth-order valence-corrected chi connectivity index (χ4v) is 2.43. The van der Waals surface area contributed by atoms with E-state index in [-0.39, 0.29) is 5.91 Å². The lowest BCUT2D eigenvalue weighted by atomic mass is 10.3. The fourth-order valence-electron chi connectivity index (χ4n) is 1.02. The summed E-state index contributed by atoms with van der Waals surface area (Å²) in [6.07, 6.45) is 0.568. The van der Waals surface area contributed by atoms with E-state index >= 15 is 0 Å². The molecular formula is C9H11IN2OS2. The van der Waals surface area contributed by atoms with Gasteiger partial charge in [0.1, 0.15) is 0 Å². The molecule has 0 fully saturated rings. The van der Waals surface area contributed by atoms with E-state index in [1.807, 2.05) is 11.4 Å². The van der Waals surface area contributed by atoms with Crippen LogP contribution in [0.4, 0.5) is 0 Å². The van der Waals surface area contributed by atoms with E-state index in [9.17, 15) is 4.79 Å². The average Bonchev–Trinajstić information content (AvgIpc) is 2.60. The number of thiophene rings is 1. The molecule has 0 atom stereocenters. The topological polar surface area (TPSA) is 46.3 Å². The molecule has 82 valence electrons. The number of amides is 1. The van der Waals surface area contributed by atoms with Crippen molar-refractivity contribution in [2.45, 2.75) is 6.42 Å². The molecule has 0 saturated carbocycles. The Balaban J connectivity index is 2.57. The van der Waals surface area contributed by atoms with Crippen molar-refractivity contribution in [1.29, 1.82) is 0 Å². The minimum atomic E-state index is 0.0189. The highest BCUT2D eigenvalue weighted by molar-refractivity contribution is 14.1. The first-order valence-corrected chi connectivity index (χ1v) is 6.65. The molecule has 0 aliphatic heterocycles. The summed E-state index contributed by atoms with van der Waals surface area (Å²) in [6.45, 7) is 0.570. The zero-order chi connectivity index (χ0) is 11.4. The van der Waals surface area contributed by atoms with Gasteiger partial charge in [-0.15, -0.1) is 11.3 Å². The van der Waals surface area contributed by atoms with Gasteiger partial charge in [0, 0.05) is 25.4 Å². The van der Waals surface area contributed by atoms with Crippen molar-refractivity contribution in [1.82, 2.24) is 4.90 Å². The Morgan fingerprint density at radius 3 is 2.87 bits per heavy atom. The van der Waals surface area contributed by atoms with Gasteiger partial charge in [-0.3, -0.25) is 4.79 Å². The molecule has 1 heterocycles. The molecule has 15 heavy (non-hydrogen) atoms. The molecule has 0 unspecified atom stereocenters. The van der Waals surface area contributed by atoms with Gasteiger partial charge < -0.3 is 10.6 Å². The van der Waals surface area contributed by atoms with Crippen LogP contribution in [0.5, 0.6) is 0 Å². The number of halogens is 1. The molecule has 6 heteroatoms.